The fourth-order valence-electron chi connectivity index (χ4n) is 1.48. The van der Waals surface area contributed by atoms with Crippen LogP contribution in [0.15, 0.2) is 12.1 Å². The summed E-state index contributed by atoms with van der Waals surface area (Å²) in [4.78, 5) is 0. The van der Waals surface area contributed by atoms with Gasteiger partial charge in [-0.1, -0.05) is 13.8 Å². The summed E-state index contributed by atoms with van der Waals surface area (Å²) >= 11 is 0. The lowest BCUT2D eigenvalue weighted by molar-refractivity contribution is 0.274. The zero-order chi connectivity index (χ0) is 12.0. The lowest BCUT2D eigenvalue weighted by Crippen LogP contribution is -2.01. The van der Waals surface area contributed by atoms with Crippen LogP contribution in [0, 0.1) is 0 Å². The van der Waals surface area contributed by atoms with Gasteiger partial charge >= 0.3 is 0 Å². The van der Waals surface area contributed by atoms with Crippen LogP contribution in [0.3, 0.4) is 0 Å². The molecule has 0 radical (unpaired) electrons. The van der Waals surface area contributed by atoms with Crippen molar-refractivity contribution in [1.82, 2.24) is 0 Å². The van der Waals surface area contributed by atoms with Crippen LogP contribution in [-0.2, 0) is 6.42 Å². The molecule has 0 aliphatic rings. The van der Waals surface area contributed by atoms with Crippen molar-refractivity contribution in [3.63, 3.8) is 0 Å². The second-order valence-corrected chi connectivity index (χ2v) is 3.53. The maximum Gasteiger partial charge on any atom is 0.203 e. The Hall–Kier alpha value is -1.38. The largest absolute Gasteiger partial charge is 0.493 e. The molecule has 0 saturated carbocycles. The molecule has 0 aliphatic heterocycles. The molecule has 0 bridgehead atoms. The molecule has 0 heterocycles. The fraction of sp³-hybridized carbons (Fsp3) is 0.538. The van der Waals surface area contributed by atoms with Crippen molar-refractivity contribution in [3.05, 3.63) is 17.7 Å². The summed E-state index contributed by atoms with van der Waals surface area (Å²) in [6.07, 6.45) is 1.91. The van der Waals surface area contributed by atoms with Gasteiger partial charge in [0.15, 0.2) is 11.5 Å². The number of methoxy groups -OCH3 is 2. The summed E-state index contributed by atoms with van der Waals surface area (Å²) in [5, 5.41) is 0. The van der Waals surface area contributed by atoms with Gasteiger partial charge in [0.1, 0.15) is 0 Å². The fourth-order valence-corrected chi connectivity index (χ4v) is 1.48. The van der Waals surface area contributed by atoms with Crippen LogP contribution in [0.5, 0.6) is 17.2 Å². The van der Waals surface area contributed by atoms with Gasteiger partial charge in [-0.05, 0) is 30.5 Å². The first kappa shape index (κ1) is 12.7. The average Bonchev–Trinajstić information content (AvgIpc) is 2.35. The van der Waals surface area contributed by atoms with Gasteiger partial charge in [-0.2, -0.15) is 0 Å². The van der Waals surface area contributed by atoms with E-state index in [0.29, 0.717) is 12.4 Å². The van der Waals surface area contributed by atoms with E-state index < -0.39 is 0 Å². The molecule has 3 nitrogen and oxygen atoms in total. The highest BCUT2D eigenvalue weighted by molar-refractivity contribution is 5.53. The predicted octanol–water partition coefficient (Wildman–Crippen LogP) is 3.06. The average molecular weight is 224 g/mol. The summed E-state index contributed by atoms with van der Waals surface area (Å²) in [7, 11) is 3.29. The van der Waals surface area contributed by atoms with Crippen molar-refractivity contribution in [2.75, 3.05) is 20.8 Å². The molecule has 90 valence electrons. The van der Waals surface area contributed by atoms with Crippen LogP contribution in [0.2, 0.25) is 0 Å². The molecular formula is C13H20O3. The highest BCUT2D eigenvalue weighted by Crippen LogP contribution is 2.38. The molecule has 1 aromatic rings. The molecular weight excluding hydrogens is 204 g/mol. The first-order valence-electron chi connectivity index (χ1n) is 5.64. The van der Waals surface area contributed by atoms with E-state index in [1.165, 1.54) is 5.56 Å². The predicted molar refractivity (Wildman–Crippen MR) is 64.7 cm³/mol. The Morgan fingerprint density at radius 3 is 1.94 bits per heavy atom. The third-order valence-corrected chi connectivity index (χ3v) is 2.38. The highest BCUT2D eigenvalue weighted by Gasteiger charge is 2.13. The molecule has 0 aromatic heterocycles. The zero-order valence-corrected chi connectivity index (χ0v) is 10.5. The number of hydrogen-bond donors (Lipinski definition) is 0. The molecule has 0 fully saturated rings. The maximum atomic E-state index is 5.65. The van der Waals surface area contributed by atoms with Crippen LogP contribution in [0.25, 0.3) is 0 Å². The van der Waals surface area contributed by atoms with E-state index in [1.54, 1.807) is 14.2 Å². The van der Waals surface area contributed by atoms with E-state index in [1.807, 2.05) is 12.1 Å². The summed E-state index contributed by atoms with van der Waals surface area (Å²) < 4.78 is 16.3. The molecule has 1 rings (SSSR count). The number of hydrogen-bond acceptors (Lipinski definition) is 3. The Balaban J connectivity index is 3.09. The van der Waals surface area contributed by atoms with E-state index in [9.17, 15) is 0 Å². The van der Waals surface area contributed by atoms with Gasteiger partial charge in [0.05, 0.1) is 20.8 Å². The van der Waals surface area contributed by atoms with Crippen molar-refractivity contribution < 1.29 is 14.2 Å². The van der Waals surface area contributed by atoms with Crippen molar-refractivity contribution >= 4 is 0 Å². The van der Waals surface area contributed by atoms with Crippen LogP contribution < -0.4 is 14.2 Å². The van der Waals surface area contributed by atoms with Gasteiger partial charge < -0.3 is 14.2 Å². The van der Waals surface area contributed by atoms with Gasteiger partial charge in [0.25, 0.3) is 0 Å². The zero-order valence-electron chi connectivity index (χ0n) is 10.5. The minimum atomic E-state index is 0.665. The van der Waals surface area contributed by atoms with Crippen LogP contribution in [0.1, 0.15) is 25.8 Å². The lowest BCUT2D eigenvalue weighted by Gasteiger charge is -2.15. The van der Waals surface area contributed by atoms with Crippen molar-refractivity contribution in [2.45, 2.75) is 26.7 Å². The van der Waals surface area contributed by atoms with Crippen molar-refractivity contribution in [3.8, 4) is 17.2 Å². The third kappa shape index (κ3) is 2.81. The number of benzene rings is 1. The van der Waals surface area contributed by atoms with Gasteiger partial charge in [0, 0.05) is 0 Å². The van der Waals surface area contributed by atoms with Crippen LogP contribution in [-0.4, -0.2) is 20.8 Å². The Morgan fingerprint density at radius 1 is 1.00 bits per heavy atom. The van der Waals surface area contributed by atoms with E-state index in [2.05, 4.69) is 13.8 Å². The lowest BCUT2D eigenvalue weighted by atomic mass is 10.1. The third-order valence-electron chi connectivity index (χ3n) is 2.38. The van der Waals surface area contributed by atoms with Crippen molar-refractivity contribution in [2.24, 2.45) is 0 Å². The quantitative estimate of drug-likeness (QED) is 0.743. The summed E-state index contributed by atoms with van der Waals surface area (Å²) in [6, 6.07) is 3.99. The van der Waals surface area contributed by atoms with Gasteiger partial charge in [0.2, 0.25) is 5.75 Å². The van der Waals surface area contributed by atoms with E-state index >= 15 is 0 Å². The Labute approximate surface area is 97.3 Å². The number of aryl methyl sites for hydroxylation is 1. The molecule has 16 heavy (non-hydrogen) atoms. The maximum absolute atomic E-state index is 5.65. The monoisotopic (exact) mass is 224 g/mol. The Bertz CT molecular complexity index is 309. The second-order valence-electron chi connectivity index (χ2n) is 3.53. The van der Waals surface area contributed by atoms with E-state index in [4.69, 9.17) is 14.2 Å². The van der Waals surface area contributed by atoms with Crippen LogP contribution in [0.4, 0.5) is 0 Å². The SMILES string of the molecule is CCCOc1c(OC)cc(CC)cc1OC. The normalized spacial score (nSPS) is 10.0. The highest BCUT2D eigenvalue weighted by atomic mass is 16.5. The number of ether oxygens (including phenoxy) is 3. The Morgan fingerprint density at radius 2 is 1.56 bits per heavy atom. The molecule has 0 aliphatic carbocycles. The molecule has 1 aromatic carbocycles. The van der Waals surface area contributed by atoms with Crippen LogP contribution >= 0.6 is 0 Å². The summed E-state index contributed by atoms with van der Waals surface area (Å²) in [5.41, 5.74) is 1.18. The molecule has 0 unspecified atom stereocenters. The summed E-state index contributed by atoms with van der Waals surface area (Å²) in [5.74, 6) is 2.18. The molecule has 0 saturated heterocycles. The minimum Gasteiger partial charge on any atom is -0.493 e. The topological polar surface area (TPSA) is 27.7 Å². The van der Waals surface area contributed by atoms with Gasteiger partial charge in [-0.3, -0.25) is 0 Å². The first-order valence-corrected chi connectivity index (χ1v) is 5.64. The molecule has 0 amide bonds. The van der Waals surface area contributed by atoms with E-state index in [0.717, 1.165) is 24.3 Å². The van der Waals surface area contributed by atoms with Crippen molar-refractivity contribution in [1.29, 1.82) is 0 Å². The first-order chi connectivity index (χ1) is 7.76. The number of rotatable bonds is 6. The van der Waals surface area contributed by atoms with Gasteiger partial charge in [-0.15, -0.1) is 0 Å². The molecule has 0 spiro atoms. The minimum absolute atomic E-state index is 0.665. The molecule has 3 heteroatoms. The molecule has 0 N–H and O–H groups in total. The Kier molecular flexibility index (Phi) is 4.96. The molecule has 0 atom stereocenters. The smallest absolute Gasteiger partial charge is 0.203 e. The standard InChI is InChI=1S/C13H20O3/c1-5-7-16-13-11(14-3)8-10(6-2)9-12(13)15-4/h8-9H,5-7H2,1-4H3. The van der Waals surface area contributed by atoms with Gasteiger partial charge in [-0.25, -0.2) is 0 Å². The second kappa shape index (κ2) is 6.26. The summed E-state index contributed by atoms with van der Waals surface area (Å²) in [6.45, 7) is 4.83. The van der Waals surface area contributed by atoms with E-state index in [-0.39, 0.29) is 0 Å².